The summed E-state index contributed by atoms with van der Waals surface area (Å²) in [6.45, 7) is 8.52. The van der Waals surface area contributed by atoms with E-state index in [0.29, 0.717) is 0 Å². The van der Waals surface area contributed by atoms with E-state index >= 15 is 0 Å². The van der Waals surface area contributed by atoms with Crippen LogP contribution in [0.4, 0.5) is 0 Å². The summed E-state index contributed by atoms with van der Waals surface area (Å²) in [7, 11) is 4.33. The van der Waals surface area contributed by atoms with E-state index in [1.165, 1.54) is 22.3 Å². The number of ether oxygens (including phenoxy) is 2. The molecule has 2 aromatic carbocycles. The number of hydrogen-bond acceptors (Lipinski definition) is 4. The van der Waals surface area contributed by atoms with Crippen LogP contribution in [-0.4, -0.2) is 62.3 Å². The van der Waals surface area contributed by atoms with Crippen LogP contribution in [0.15, 0.2) is 36.4 Å². The molecule has 2 atom stereocenters. The molecule has 0 N–H and O–H groups in total. The minimum absolute atomic E-state index is 0.281. The lowest BCUT2D eigenvalue weighted by molar-refractivity contribution is 0.204. The maximum atomic E-state index is 6.43. The van der Waals surface area contributed by atoms with Gasteiger partial charge < -0.3 is 19.3 Å². The quantitative estimate of drug-likeness (QED) is 0.738. The highest BCUT2D eigenvalue weighted by Crippen LogP contribution is 2.31. The Morgan fingerprint density at radius 3 is 1.59 bits per heavy atom. The Bertz CT molecular complexity index is 781. The lowest BCUT2D eigenvalue weighted by atomic mass is 9.99. The van der Waals surface area contributed by atoms with Crippen molar-refractivity contribution >= 4 is 0 Å². The van der Waals surface area contributed by atoms with E-state index in [9.17, 15) is 0 Å². The van der Waals surface area contributed by atoms with Gasteiger partial charge in [-0.1, -0.05) is 35.4 Å². The van der Waals surface area contributed by atoms with Gasteiger partial charge in [0.2, 0.25) is 0 Å². The molecule has 2 aromatic rings. The Morgan fingerprint density at radius 1 is 0.759 bits per heavy atom. The van der Waals surface area contributed by atoms with Crippen LogP contribution >= 0.6 is 0 Å². The van der Waals surface area contributed by atoms with Crippen molar-refractivity contribution < 1.29 is 9.47 Å². The molecule has 2 unspecified atom stereocenters. The standard InChI is InChI=1S/C25H34N2O2/c1-18-5-7-24(28-22-9-11-26(3)16-22)20(13-18)15-21-14-19(2)6-8-25(21)29-23-10-12-27(4)17-23/h5-8,13-14,22-23H,9-12,15-17H2,1-4H3. The second-order valence-electron chi connectivity index (χ2n) is 8.98. The average molecular weight is 395 g/mol. The van der Waals surface area contributed by atoms with Crippen molar-refractivity contribution in [3.05, 3.63) is 58.7 Å². The first kappa shape index (κ1) is 20.2. The predicted molar refractivity (Wildman–Crippen MR) is 118 cm³/mol. The van der Waals surface area contributed by atoms with Crippen LogP contribution in [0, 0.1) is 13.8 Å². The number of likely N-dealkylation sites (tertiary alicyclic amines) is 2. The lowest BCUT2D eigenvalue weighted by Crippen LogP contribution is -2.22. The van der Waals surface area contributed by atoms with Crippen LogP contribution < -0.4 is 9.47 Å². The fourth-order valence-corrected chi connectivity index (χ4v) is 4.47. The first-order valence-corrected chi connectivity index (χ1v) is 10.9. The molecule has 4 nitrogen and oxygen atoms in total. The van der Waals surface area contributed by atoms with Gasteiger partial charge in [-0.05, 0) is 64.0 Å². The topological polar surface area (TPSA) is 24.9 Å². The molecule has 156 valence electrons. The number of benzene rings is 2. The van der Waals surface area contributed by atoms with Gasteiger partial charge in [0.25, 0.3) is 0 Å². The number of hydrogen-bond donors (Lipinski definition) is 0. The number of nitrogens with zero attached hydrogens (tertiary/aromatic N) is 2. The third-order valence-corrected chi connectivity index (χ3v) is 6.10. The second-order valence-corrected chi connectivity index (χ2v) is 8.98. The fourth-order valence-electron chi connectivity index (χ4n) is 4.47. The molecule has 2 saturated heterocycles. The molecule has 0 aliphatic carbocycles. The zero-order valence-electron chi connectivity index (χ0n) is 18.3. The van der Waals surface area contributed by atoms with Crippen molar-refractivity contribution in [2.24, 2.45) is 0 Å². The van der Waals surface area contributed by atoms with Crippen LogP contribution in [0.3, 0.4) is 0 Å². The van der Waals surface area contributed by atoms with Gasteiger partial charge in [0, 0.05) is 32.6 Å². The molecule has 2 aliphatic rings. The molecule has 0 radical (unpaired) electrons. The van der Waals surface area contributed by atoms with Gasteiger partial charge in [-0.15, -0.1) is 0 Å². The molecular weight excluding hydrogens is 360 g/mol. The van der Waals surface area contributed by atoms with Gasteiger partial charge in [0.05, 0.1) is 0 Å². The summed E-state index contributed by atoms with van der Waals surface area (Å²) in [4.78, 5) is 4.67. The maximum Gasteiger partial charge on any atom is 0.123 e. The van der Waals surface area contributed by atoms with Crippen LogP contribution in [0.1, 0.15) is 35.1 Å². The van der Waals surface area contributed by atoms with Crippen molar-refractivity contribution in [3.8, 4) is 11.5 Å². The summed E-state index contributed by atoms with van der Waals surface area (Å²) in [5.41, 5.74) is 5.03. The van der Waals surface area contributed by atoms with E-state index in [2.05, 4.69) is 74.1 Å². The third-order valence-electron chi connectivity index (χ3n) is 6.10. The molecule has 0 bridgehead atoms. The molecule has 0 aromatic heterocycles. The van der Waals surface area contributed by atoms with E-state index in [1.807, 2.05) is 0 Å². The summed E-state index contributed by atoms with van der Waals surface area (Å²) >= 11 is 0. The van der Waals surface area contributed by atoms with Gasteiger partial charge in [0.1, 0.15) is 23.7 Å². The molecule has 4 rings (SSSR count). The summed E-state index contributed by atoms with van der Waals surface area (Å²) in [6, 6.07) is 13.1. The zero-order valence-corrected chi connectivity index (χ0v) is 18.3. The van der Waals surface area contributed by atoms with Crippen LogP contribution in [-0.2, 0) is 6.42 Å². The number of aryl methyl sites for hydroxylation is 2. The highest BCUT2D eigenvalue weighted by Gasteiger charge is 2.24. The van der Waals surface area contributed by atoms with Crippen LogP contribution in [0.5, 0.6) is 11.5 Å². The predicted octanol–water partition coefficient (Wildman–Crippen LogP) is 4.06. The van der Waals surface area contributed by atoms with Gasteiger partial charge in [-0.25, -0.2) is 0 Å². The van der Waals surface area contributed by atoms with Gasteiger partial charge in [-0.2, -0.15) is 0 Å². The smallest absolute Gasteiger partial charge is 0.123 e. The van der Waals surface area contributed by atoms with E-state index in [4.69, 9.17) is 9.47 Å². The molecule has 29 heavy (non-hydrogen) atoms. The van der Waals surface area contributed by atoms with E-state index in [1.54, 1.807) is 0 Å². The minimum atomic E-state index is 0.281. The molecular formula is C25H34N2O2. The first-order chi connectivity index (χ1) is 14.0. The van der Waals surface area contributed by atoms with Crippen molar-refractivity contribution in [2.45, 2.75) is 45.3 Å². The maximum absolute atomic E-state index is 6.43. The lowest BCUT2D eigenvalue weighted by Gasteiger charge is -2.20. The van der Waals surface area contributed by atoms with Crippen molar-refractivity contribution in [1.82, 2.24) is 9.80 Å². The van der Waals surface area contributed by atoms with Crippen molar-refractivity contribution in [2.75, 3.05) is 40.3 Å². The number of rotatable bonds is 6. The number of likely N-dealkylation sites (N-methyl/N-ethyl adjacent to an activating group) is 2. The largest absolute Gasteiger partial charge is 0.489 e. The fraction of sp³-hybridized carbons (Fsp3) is 0.520. The summed E-state index contributed by atoms with van der Waals surface area (Å²) in [6.07, 6.45) is 3.59. The first-order valence-electron chi connectivity index (χ1n) is 10.9. The molecule has 0 amide bonds. The monoisotopic (exact) mass is 394 g/mol. The SMILES string of the molecule is Cc1ccc(OC2CCN(C)C2)c(Cc2cc(C)ccc2OC2CCN(C)C2)c1. The zero-order chi connectivity index (χ0) is 20.4. The molecule has 4 heteroatoms. The third kappa shape index (κ3) is 5.12. The summed E-state index contributed by atoms with van der Waals surface area (Å²) < 4.78 is 12.9. The summed E-state index contributed by atoms with van der Waals surface area (Å²) in [5, 5.41) is 0. The van der Waals surface area contributed by atoms with E-state index in [0.717, 1.165) is 56.9 Å². The highest BCUT2D eigenvalue weighted by molar-refractivity contribution is 5.45. The molecule has 0 saturated carbocycles. The van der Waals surface area contributed by atoms with Crippen molar-refractivity contribution in [3.63, 3.8) is 0 Å². The van der Waals surface area contributed by atoms with Crippen molar-refractivity contribution in [1.29, 1.82) is 0 Å². The second kappa shape index (κ2) is 8.76. The molecule has 0 spiro atoms. The highest BCUT2D eigenvalue weighted by atomic mass is 16.5. The Labute approximate surface area is 175 Å². The van der Waals surface area contributed by atoms with Gasteiger partial charge >= 0.3 is 0 Å². The van der Waals surface area contributed by atoms with Crippen LogP contribution in [0.25, 0.3) is 0 Å². The Hall–Kier alpha value is -2.04. The Balaban J connectivity index is 1.56. The molecule has 2 fully saturated rings. The average Bonchev–Trinajstić information content (AvgIpc) is 3.27. The summed E-state index contributed by atoms with van der Waals surface area (Å²) in [5.74, 6) is 2.04. The molecule has 2 heterocycles. The molecule has 2 aliphatic heterocycles. The van der Waals surface area contributed by atoms with E-state index in [-0.39, 0.29) is 12.2 Å². The normalized spacial score (nSPS) is 22.9. The van der Waals surface area contributed by atoms with Gasteiger partial charge in [0.15, 0.2) is 0 Å². The van der Waals surface area contributed by atoms with Crippen LogP contribution in [0.2, 0.25) is 0 Å². The Morgan fingerprint density at radius 2 is 1.21 bits per heavy atom. The van der Waals surface area contributed by atoms with E-state index < -0.39 is 0 Å². The van der Waals surface area contributed by atoms with Gasteiger partial charge in [-0.3, -0.25) is 0 Å². The Kier molecular flexibility index (Phi) is 6.12. The minimum Gasteiger partial charge on any atom is -0.489 e.